The smallest absolute Gasteiger partial charge is 0.243 e. The Morgan fingerprint density at radius 2 is 1.71 bits per heavy atom. The number of carbonyl (C=O) groups is 1. The summed E-state index contributed by atoms with van der Waals surface area (Å²) in [5, 5.41) is 0. The van der Waals surface area contributed by atoms with E-state index in [0.717, 1.165) is 12.1 Å². The molecule has 28 heavy (non-hydrogen) atoms. The van der Waals surface area contributed by atoms with Crippen molar-refractivity contribution in [3.8, 4) is 0 Å². The van der Waals surface area contributed by atoms with Gasteiger partial charge >= 0.3 is 0 Å². The molecule has 0 saturated carbocycles. The molecule has 0 spiro atoms. The van der Waals surface area contributed by atoms with Crippen LogP contribution in [0.25, 0.3) is 0 Å². The second-order valence-electron chi connectivity index (χ2n) is 7.90. The van der Waals surface area contributed by atoms with Gasteiger partial charge in [0.15, 0.2) is 0 Å². The minimum absolute atomic E-state index is 0.0818. The molecule has 2 heterocycles. The largest absolute Gasteiger partial charge is 0.299 e. The van der Waals surface area contributed by atoms with Gasteiger partial charge in [-0.15, -0.1) is 0 Å². The van der Waals surface area contributed by atoms with E-state index in [0.29, 0.717) is 17.9 Å². The molecule has 0 amide bonds. The lowest BCUT2D eigenvalue weighted by Crippen LogP contribution is -2.51. The van der Waals surface area contributed by atoms with Crippen molar-refractivity contribution in [3.05, 3.63) is 65.7 Å². The van der Waals surface area contributed by atoms with Crippen LogP contribution >= 0.6 is 0 Å². The average Bonchev–Trinajstić information content (AvgIpc) is 3.05. The highest BCUT2D eigenvalue weighted by atomic mass is 32.2. The van der Waals surface area contributed by atoms with Gasteiger partial charge in [-0.2, -0.15) is 4.31 Å². The monoisotopic (exact) mass is 398 g/mol. The van der Waals surface area contributed by atoms with Crippen LogP contribution < -0.4 is 0 Å². The molecule has 5 nitrogen and oxygen atoms in total. The Kier molecular flexibility index (Phi) is 5.12. The number of hydrogen-bond donors (Lipinski definition) is 0. The van der Waals surface area contributed by atoms with Crippen molar-refractivity contribution >= 4 is 15.8 Å². The first-order chi connectivity index (χ1) is 13.4. The normalized spacial score (nSPS) is 26.4. The third-order valence-electron chi connectivity index (χ3n) is 6.07. The number of likely N-dealkylation sites (tertiary alicyclic amines) is 1. The quantitative estimate of drug-likeness (QED) is 0.795. The summed E-state index contributed by atoms with van der Waals surface area (Å²) in [5.41, 5.74) is 2.20. The van der Waals surface area contributed by atoms with Gasteiger partial charge in [-0.05, 0) is 31.5 Å². The summed E-state index contributed by atoms with van der Waals surface area (Å²) < 4.78 is 28.1. The molecule has 4 rings (SSSR count). The lowest BCUT2D eigenvalue weighted by Gasteiger charge is -2.38. The fourth-order valence-electron chi connectivity index (χ4n) is 4.58. The Bertz CT molecular complexity index is 957. The van der Waals surface area contributed by atoms with Crippen LogP contribution in [0.2, 0.25) is 0 Å². The Balaban J connectivity index is 1.63. The summed E-state index contributed by atoms with van der Waals surface area (Å²) in [6.07, 6.45) is 0.485. The number of nitrogens with zero attached hydrogens (tertiary/aromatic N) is 2. The number of piperidine rings is 1. The van der Waals surface area contributed by atoms with E-state index in [1.54, 1.807) is 12.1 Å². The molecular weight excluding hydrogens is 372 g/mol. The summed E-state index contributed by atoms with van der Waals surface area (Å²) in [7, 11) is -3.63. The van der Waals surface area contributed by atoms with Crippen LogP contribution in [0.3, 0.4) is 0 Å². The molecular formula is C22H26N2O3S. The lowest BCUT2D eigenvalue weighted by molar-refractivity contribution is -0.127. The van der Waals surface area contributed by atoms with Crippen LogP contribution in [0.15, 0.2) is 59.5 Å². The van der Waals surface area contributed by atoms with E-state index < -0.39 is 10.0 Å². The number of carbonyl (C=O) groups excluding carboxylic acids is 1. The maximum Gasteiger partial charge on any atom is 0.243 e. The maximum atomic E-state index is 13.3. The highest BCUT2D eigenvalue weighted by molar-refractivity contribution is 7.89. The number of hydrogen-bond acceptors (Lipinski definition) is 4. The van der Waals surface area contributed by atoms with Crippen molar-refractivity contribution in [1.82, 2.24) is 9.21 Å². The van der Waals surface area contributed by atoms with Crippen molar-refractivity contribution in [2.24, 2.45) is 5.92 Å². The van der Waals surface area contributed by atoms with E-state index in [2.05, 4.69) is 17.0 Å². The molecule has 148 valence electrons. The third kappa shape index (κ3) is 3.41. The average molecular weight is 399 g/mol. The second kappa shape index (κ2) is 7.43. The molecule has 2 saturated heterocycles. The molecule has 0 bridgehead atoms. The lowest BCUT2D eigenvalue weighted by atomic mass is 9.87. The van der Waals surface area contributed by atoms with E-state index in [-0.39, 0.29) is 30.3 Å². The van der Waals surface area contributed by atoms with E-state index in [1.807, 2.05) is 44.2 Å². The third-order valence-corrected chi connectivity index (χ3v) is 8.04. The molecule has 3 atom stereocenters. The predicted octanol–water partition coefficient (Wildman–Crippen LogP) is 2.85. The summed E-state index contributed by atoms with van der Waals surface area (Å²) in [6.45, 7) is 5.55. The topological polar surface area (TPSA) is 57.7 Å². The van der Waals surface area contributed by atoms with Gasteiger partial charge in [-0.25, -0.2) is 8.42 Å². The summed E-state index contributed by atoms with van der Waals surface area (Å²) in [6, 6.07) is 16.8. The molecule has 2 aromatic rings. The van der Waals surface area contributed by atoms with Gasteiger partial charge in [0.05, 0.1) is 4.90 Å². The highest BCUT2D eigenvalue weighted by Crippen LogP contribution is 2.37. The number of benzene rings is 2. The second-order valence-corrected chi connectivity index (χ2v) is 9.79. The maximum absolute atomic E-state index is 13.3. The molecule has 0 N–H and O–H groups in total. The van der Waals surface area contributed by atoms with Crippen LogP contribution in [0.5, 0.6) is 0 Å². The Labute approximate surface area is 167 Å². The van der Waals surface area contributed by atoms with E-state index in [1.165, 1.54) is 9.87 Å². The SMILES string of the molecule is Cc1ccc(S(=O)(=O)N2C[C@@H]3C(=O)CCN(Cc4ccccc4)[C@@H]3[C@@H]2C)cc1. The van der Waals surface area contributed by atoms with Crippen LogP contribution in [0, 0.1) is 12.8 Å². The zero-order chi connectivity index (χ0) is 19.9. The van der Waals surface area contributed by atoms with Crippen LogP contribution in [0.1, 0.15) is 24.5 Å². The first-order valence-electron chi connectivity index (χ1n) is 9.77. The standard InChI is InChI=1S/C22H26N2O3S/c1-16-8-10-19(11-9-16)28(26,27)24-15-20-21(25)12-13-23(22(20)17(24)2)14-18-6-4-3-5-7-18/h3-11,17,20,22H,12-15H2,1-2H3/t17-,20+,22+/m0/s1. The zero-order valence-electron chi connectivity index (χ0n) is 16.3. The molecule has 2 fully saturated rings. The van der Waals surface area contributed by atoms with E-state index in [9.17, 15) is 13.2 Å². The molecule has 0 radical (unpaired) electrons. The van der Waals surface area contributed by atoms with Gasteiger partial charge in [0.25, 0.3) is 0 Å². The molecule has 2 aliphatic rings. The molecule has 0 aromatic heterocycles. The molecule has 0 aliphatic carbocycles. The van der Waals surface area contributed by atoms with Crippen molar-refractivity contribution < 1.29 is 13.2 Å². The fraction of sp³-hybridized carbons (Fsp3) is 0.409. The van der Waals surface area contributed by atoms with Gasteiger partial charge < -0.3 is 0 Å². The van der Waals surface area contributed by atoms with Gasteiger partial charge in [0, 0.05) is 44.1 Å². The Hall–Kier alpha value is -2.02. The van der Waals surface area contributed by atoms with Crippen LogP contribution in [-0.4, -0.2) is 48.6 Å². The van der Waals surface area contributed by atoms with Crippen LogP contribution in [-0.2, 0) is 21.4 Å². The van der Waals surface area contributed by atoms with Crippen LogP contribution in [0.4, 0.5) is 0 Å². The van der Waals surface area contributed by atoms with Gasteiger partial charge in [0.2, 0.25) is 10.0 Å². The molecule has 6 heteroatoms. The predicted molar refractivity (Wildman–Crippen MR) is 108 cm³/mol. The number of rotatable bonds is 4. The van der Waals surface area contributed by atoms with Crippen molar-refractivity contribution in [1.29, 1.82) is 0 Å². The first kappa shape index (κ1) is 19.3. The Morgan fingerprint density at radius 3 is 2.39 bits per heavy atom. The molecule has 2 aromatic carbocycles. The van der Waals surface area contributed by atoms with E-state index >= 15 is 0 Å². The number of Topliss-reactive ketones (excluding diaryl/α,β-unsaturated/α-hetero) is 1. The van der Waals surface area contributed by atoms with Gasteiger partial charge in [0.1, 0.15) is 5.78 Å². The van der Waals surface area contributed by atoms with Gasteiger partial charge in [-0.1, -0.05) is 48.0 Å². The first-order valence-corrected chi connectivity index (χ1v) is 11.2. The van der Waals surface area contributed by atoms with E-state index in [4.69, 9.17) is 0 Å². The summed E-state index contributed by atoms with van der Waals surface area (Å²) in [5.74, 6) is -0.0737. The fourth-order valence-corrected chi connectivity index (χ4v) is 6.25. The van der Waals surface area contributed by atoms with Gasteiger partial charge in [-0.3, -0.25) is 9.69 Å². The minimum Gasteiger partial charge on any atom is -0.299 e. The number of ketones is 1. The number of aryl methyl sites for hydroxylation is 1. The zero-order valence-corrected chi connectivity index (χ0v) is 17.1. The molecule has 2 aliphatic heterocycles. The van der Waals surface area contributed by atoms with Crippen molar-refractivity contribution in [3.63, 3.8) is 0 Å². The summed E-state index contributed by atoms with van der Waals surface area (Å²) >= 11 is 0. The minimum atomic E-state index is -3.63. The summed E-state index contributed by atoms with van der Waals surface area (Å²) in [4.78, 5) is 15.2. The molecule has 0 unspecified atom stereocenters. The number of sulfonamides is 1. The highest BCUT2D eigenvalue weighted by Gasteiger charge is 2.51. The number of fused-ring (bicyclic) bond motifs is 1. The Morgan fingerprint density at radius 1 is 1.04 bits per heavy atom. The van der Waals surface area contributed by atoms with Crippen molar-refractivity contribution in [2.45, 2.75) is 43.8 Å². The van der Waals surface area contributed by atoms with Crippen molar-refractivity contribution in [2.75, 3.05) is 13.1 Å².